The van der Waals surface area contributed by atoms with E-state index >= 15 is 0 Å². The zero-order valence-electron chi connectivity index (χ0n) is 46.7. The number of fused-ring (bicyclic) bond motifs is 3. The minimum Gasteiger partial charge on any atom is -0.491 e. The number of hydrogen-bond acceptors (Lipinski definition) is 9. The highest BCUT2D eigenvalue weighted by Gasteiger charge is 2.42. The van der Waals surface area contributed by atoms with Crippen LogP contribution in [-0.2, 0) is 12.8 Å². The van der Waals surface area contributed by atoms with Gasteiger partial charge in [0.1, 0.15) is 11.5 Å². The molecule has 2 unspecified atom stereocenters. The first kappa shape index (κ1) is 58.7. The zero-order valence-corrected chi connectivity index (χ0v) is 50.7. The normalized spacial score (nSPS) is 13.6. The van der Waals surface area contributed by atoms with Crippen LogP contribution >= 0.6 is 56.7 Å². The molecule has 0 spiro atoms. The number of ether oxygens (including phenoxy) is 2. The summed E-state index contributed by atoms with van der Waals surface area (Å²) in [7, 11) is 0. The van der Waals surface area contributed by atoms with E-state index in [9.17, 15) is 9.59 Å². The summed E-state index contributed by atoms with van der Waals surface area (Å²) in [5, 5.41) is 6.83. The molecule has 1 aromatic carbocycles. The number of carbonyl (C=O) groups excluding carboxylic acids is 2. The van der Waals surface area contributed by atoms with Crippen molar-refractivity contribution in [3.8, 4) is 40.8 Å². The van der Waals surface area contributed by atoms with Gasteiger partial charge in [0.05, 0.1) is 43.5 Å². The summed E-state index contributed by atoms with van der Waals surface area (Å²) in [6, 6.07) is 9.40. The van der Waals surface area contributed by atoms with Gasteiger partial charge in [0, 0.05) is 36.8 Å². The summed E-state index contributed by atoms with van der Waals surface area (Å²) in [5.41, 5.74) is 3.96. The number of benzene rings is 1. The number of nitrogens with zero attached hydrogens (tertiary/aromatic N) is 1. The number of rotatable bonds is 38. The Labute approximate surface area is 467 Å². The van der Waals surface area contributed by atoms with Crippen molar-refractivity contribution in [2.45, 2.75) is 228 Å². The fourth-order valence-corrected chi connectivity index (χ4v) is 16.7. The van der Waals surface area contributed by atoms with Crippen molar-refractivity contribution in [3.05, 3.63) is 57.3 Å². The molecule has 1 aliphatic heterocycles. The molecular formula is C64H91NO4S5. The highest BCUT2D eigenvalue weighted by molar-refractivity contribution is 7.30. The molecule has 5 nitrogen and oxygen atoms in total. The molecule has 0 saturated carbocycles. The molecule has 0 fully saturated rings. The van der Waals surface area contributed by atoms with Gasteiger partial charge in [0.2, 0.25) is 0 Å². The summed E-state index contributed by atoms with van der Waals surface area (Å²) >= 11 is 8.89. The van der Waals surface area contributed by atoms with Crippen molar-refractivity contribution in [3.63, 3.8) is 0 Å². The minimum atomic E-state index is -0.105. The van der Waals surface area contributed by atoms with Gasteiger partial charge in [-0.1, -0.05) is 183 Å². The van der Waals surface area contributed by atoms with Gasteiger partial charge < -0.3 is 9.47 Å². The number of hydrogen-bond donors (Lipinski definition) is 0. The third-order valence-corrected chi connectivity index (χ3v) is 21.6. The molecule has 74 heavy (non-hydrogen) atoms. The molecule has 1 aliphatic rings. The molecule has 2 atom stereocenters. The van der Waals surface area contributed by atoms with Gasteiger partial charge >= 0.3 is 0 Å². The Morgan fingerprint density at radius 1 is 0.486 bits per heavy atom. The van der Waals surface area contributed by atoms with Crippen LogP contribution in [0.25, 0.3) is 49.4 Å². The number of carbonyl (C=O) groups is 2. The lowest BCUT2D eigenvalue weighted by molar-refractivity contribution is 0.0652. The second kappa shape index (κ2) is 30.8. The molecule has 0 aliphatic carbocycles. The SMILES string of the molecule is CCCCCCCCc1csc(-c2sc(-c3cc(CCCCCCCC)c(-c4cc5c(OCC(CC)CCCC)c6sccc6c(OCC(CC)CCCC)c5s4)s3)c3c2C(=O)N(CCCCCCCC)C3=O)c1. The summed E-state index contributed by atoms with van der Waals surface area (Å²) in [6.07, 6.45) is 33.1. The predicted octanol–water partition coefficient (Wildman–Crippen LogP) is 22.3. The van der Waals surface area contributed by atoms with E-state index in [1.54, 1.807) is 38.9 Å². The molecule has 0 N–H and O–H groups in total. The van der Waals surface area contributed by atoms with Crippen LogP contribution in [0.2, 0.25) is 0 Å². The van der Waals surface area contributed by atoms with Crippen LogP contribution in [-0.4, -0.2) is 36.5 Å². The van der Waals surface area contributed by atoms with E-state index in [-0.39, 0.29) is 11.8 Å². The largest absolute Gasteiger partial charge is 0.491 e. The van der Waals surface area contributed by atoms with E-state index in [0.717, 1.165) is 93.1 Å². The first-order valence-corrected chi connectivity index (χ1v) is 34.0. The van der Waals surface area contributed by atoms with Crippen LogP contribution in [0.1, 0.15) is 247 Å². The van der Waals surface area contributed by atoms with Gasteiger partial charge in [-0.15, -0.1) is 56.7 Å². The van der Waals surface area contributed by atoms with Gasteiger partial charge in [-0.3, -0.25) is 14.5 Å². The highest BCUT2D eigenvalue weighted by Crippen LogP contribution is 2.55. The number of aryl methyl sites for hydroxylation is 2. The Hall–Kier alpha value is -3.02. The average molecular weight is 1100 g/mol. The fourth-order valence-electron chi connectivity index (χ4n) is 10.8. The Kier molecular flexibility index (Phi) is 24.4. The van der Waals surface area contributed by atoms with Crippen LogP contribution in [0.3, 0.4) is 0 Å². The molecule has 6 aromatic rings. The van der Waals surface area contributed by atoms with Gasteiger partial charge in [-0.25, -0.2) is 0 Å². The summed E-state index contributed by atoms with van der Waals surface area (Å²) in [5.74, 6) is 2.82. The van der Waals surface area contributed by atoms with Crippen LogP contribution in [0.5, 0.6) is 11.5 Å². The van der Waals surface area contributed by atoms with E-state index in [2.05, 4.69) is 83.5 Å². The predicted molar refractivity (Wildman–Crippen MR) is 328 cm³/mol. The van der Waals surface area contributed by atoms with Crippen molar-refractivity contribution in [1.29, 1.82) is 0 Å². The van der Waals surface area contributed by atoms with E-state index in [1.165, 1.54) is 159 Å². The van der Waals surface area contributed by atoms with Gasteiger partial charge in [0.15, 0.2) is 0 Å². The third-order valence-electron chi connectivity index (χ3n) is 15.6. The maximum atomic E-state index is 14.9. The Morgan fingerprint density at radius 3 is 1.61 bits per heavy atom. The van der Waals surface area contributed by atoms with Crippen molar-refractivity contribution in [1.82, 2.24) is 4.90 Å². The average Bonchev–Trinajstić information content (AvgIpc) is 4.29. The maximum Gasteiger partial charge on any atom is 0.263 e. The smallest absolute Gasteiger partial charge is 0.263 e. The Balaban J connectivity index is 1.32. The molecule has 10 heteroatoms. The van der Waals surface area contributed by atoms with Gasteiger partial charge in [0.25, 0.3) is 11.8 Å². The molecule has 2 amide bonds. The topological polar surface area (TPSA) is 55.8 Å². The minimum absolute atomic E-state index is 0.101. The van der Waals surface area contributed by atoms with Crippen molar-refractivity contribution in [2.75, 3.05) is 19.8 Å². The van der Waals surface area contributed by atoms with Crippen molar-refractivity contribution in [2.24, 2.45) is 11.8 Å². The summed E-state index contributed by atoms with van der Waals surface area (Å²) in [4.78, 5) is 37.9. The lowest BCUT2D eigenvalue weighted by atomic mass is 10.0. The van der Waals surface area contributed by atoms with E-state index in [0.29, 0.717) is 42.7 Å². The van der Waals surface area contributed by atoms with Crippen molar-refractivity contribution >= 4 is 88.7 Å². The molecule has 0 radical (unpaired) electrons. The highest BCUT2D eigenvalue weighted by atomic mass is 32.1. The van der Waals surface area contributed by atoms with Crippen LogP contribution in [0.15, 0.2) is 35.0 Å². The fraction of sp³-hybridized carbons (Fsp3) is 0.625. The van der Waals surface area contributed by atoms with Crippen molar-refractivity contribution < 1.29 is 19.1 Å². The van der Waals surface area contributed by atoms with Gasteiger partial charge in [-0.2, -0.15) is 0 Å². The number of thiophene rings is 5. The lowest BCUT2D eigenvalue weighted by Gasteiger charge is -2.19. The molecular weight excluding hydrogens is 1010 g/mol. The maximum absolute atomic E-state index is 14.9. The molecule has 0 bridgehead atoms. The third kappa shape index (κ3) is 15.0. The monoisotopic (exact) mass is 1100 g/mol. The number of unbranched alkanes of at least 4 members (excludes halogenated alkanes) is 17. The van der Waals surface area contributed by atoms with Crippen LogP contribution in [0.4, 0.5) is 0 Å². The van der Waals surface area contributed by atoms with Crippen LogP contribution < -0.4 is 9.47 Å². The Bertz CT molecular complexity index is 2570. The molecule has 0 saturated heterocycles. The first-order chi connectivity index (χ1) is 36.3. The molecule has 6 heterocycles. The van der Waals surface area contributed by atoms with E-state index in [1.807, 2.05) is 22.7 Å². The molecule has 5 aromatic heterocycles. The summed E-state index contributed by atoms with van der Waals surface area (Å²) < 4.78 is 16.5. The molecule has 406 valence electrons. The Morgan fingerprint density at radius 2 is 1.01 bits per heavy atom. The number of amides is 2. The van der Waals surface area contributed by atoms with Gasteiger partial charge in [-0.05, 0) is 103 Å². The number of imide groups is 1. The molecule has 7 rings (SSSR count). The summed E-state index contributed by atoms with van der Waals surface area (Å²) in [6.45, 7) is 17.9. The zero-order chi connectivity index (χ0) is 52.2. The van der Waals surface area contributed by atoms with E-state index in [4.69, 9.17) is 9.47 Å². The standard InChI is InChI=1S/C64H91NO4S5/c1-8-15-20-23-26-29-34-47-39-51(71-44-47)61-54-55(64(67)65(63(54)66)37-31-28-25-22-17-10-3)62(74-61)52-40-48(35-30-27-24-21-16-9-2)58(72-52)53-41-50-57(69-43-46(14-7)33-19-12-5)59-49(36-38-70-59)56(60(50)73-53)68-42-45(13-6)32-18-11-4/h36,38-41,44-46H,8-35,37,42-43H2,1-7H3. The second-order valence-corrected chi connectivity index (χ2v) is 26.4. The van der Waals surface area contributed by atoms with Crippen LogP contribution in [0, 0.1) is 11.8 Å². The first-order valence-electron chi connectivity index (χ1n) is 29.8. The second-order valence-electron chi connectivity index (χ2n) is 21.5. The lowest BCUT2D eigenvalue weighted by Crippen LogP contribution is -2.31. The quantitative estimate of drug-likeness (QED) is 0.0286. The van der Waals surface area contributed by atoms with E-state index < -0.39 is 0 Å².